The van der Waals surface area contributed by atoms with Gasteiger partial charge in [0.15, 0.2) is 0 Å². The van der Waals surface area contributed by atoms with E-state index in [1.165, 1.54) is 0 Å². The van der Waals surface area contributed by atoms with Crippen molar-refractivity contribution in [2.24, 2.45) is 0 Å². The van der Waals surface area contributed by atoms with Gasteiger partial charge in [-0.25, -0.2) is 13.1 Å². The van der Waals surface area contributed by atoms with Gasteiger partial charge in [-0.2, -0.15) is 0 Å². The van der Waals surface area contributed by atoms with E-state index in [9.17, 15) is 8.42 Å². The molecule has 0 radical (unpaired) electrons. The summed E-state index contributed by atoms with van der Waals surface area (Å²) >= 11 is 3.44. The van der Waals surface area contributed by atoms with Crippen molar-refractivity contribution in [2.75, 3.05) is 0 Å². The van der Waals surface area contributed by atoms with Gasteiger partial charge in [-0.1, -0.05) is 51.8 Å². The number of benzene rings is 2. The molecule has 106 valence electrons. The van der Waals surface area contributed by atoms with E-state index < -0.39 is 10.0 Å². The van der Waals surface area contributed by atoms with E-state index in [4.69, 9.17) is 0 Å². The van der Waals surface area contributed by atoms with Crippen LogP contribution in [0.1, 0.15) is 24.1 Å². The third-order valence-corrected chi connectivity index (χ3v) is 5.31. The summed E-state index contributed by atoms with van der Waals surface area (Å²) in [4.78, 5) is 0.280. The van der Waals surface area contributed by atoms with Crippen molar-refractivity contribution in [2.45, 2.75) is 24.8 Å². The molecule has 2 aromatic rings. The van der Waals surface area contributed by atoms with Crippen LogP contribution in [0, 0.1) is 6.92 Å². The van der Waals surface area contributed by atoms with Gasteiger partial charge in [-0.3, -0.25) is 0 Å². The fourth-order valence-corrected chi connectivity index (χ4v) is 3.76. The smallest absolute Gasteiger partial charge is 0.207 e. The predicted molar refractivity (Wildman–Crippen MR) is 84.1 cm³/mol. The van der Waals surface area contributed by atoms with Crippen molar-refractivity contribution in [1.29, 1.82) is 0 Å². The molecule has 2 aromatic carbocycles. The maximum absolute atomic E-state index is 12.3. The van der Waals surface area contributed by atoms with Crippen LogP contribution in [0.5, 0.6) is 0 Å². The lowest BCUT2D eigenvalue weighted by molar-refractivity contribution is 0.566. The molecule has 0 heterocycles. The number of hydrogen-bond donors (Lipinski definition) is 1. The maximum atomic E-state index is 12.3. The maximum Gasteiger partial charge on any atom is 0.241 e. The molecule has 1 atom stereocenters. The van der Waals surface area contributed by atoms with Crippen LogP contribution >= 0.6 is 15.9 Å². The summed E-state index contributed by atoms with van der Waals surface area (Å²) in [6, 6.07) is 14.1. The Bertz CT molecular complexity index is 696. The molecule has 2 rings (SSSR count). The van der Waals surface area contributed by atoms with Gasteiger partial charge in [0.05, 0.1) is 4.90 Å². The van der Waals surface area contributed by atoms with Crippen LogP contribution in [0.15, 0.2) is 57.9 Å². The van der Waals surface area contributed by atoms with E-state index in [-0.39, 0.29) is 10.9 Å². The quantitative estimate of drug-likeness (QED) is 0.908. The molecule has 3 nitrogen and oxygen atoms in total. The predicted octanol–water partition coefficient (Wildman–Crippen LogP) is 3.80. The first kappa shape index (κ1) is 15.2. The zero-order valence-corrected chi connectivity index (χ0v) is 13.7. The van der Waals surface area contributed by atoms with Crippen molar-refractivity contribution < 1.29 is 8.42 Å². The normalized spacial score (nSPS) is 13.2. The number of hydrogen-bond acceptors (Lipinski definition) is 2. The van der Waals surface area contributed by atoms with Crippen LogP contribution in [-0.2, 0) is 10.0 Å². The van der Waals surface area contributed by atoms with Gasteiger partial charge in [-0.05, 0) is 37.6 Å². The SMILES string of the molecule is Cc1ccc(S(=O)(=O)N[C@@H](C)c2ccccc2Br)cc1. The highest BCUT2D eigenvalue weighted by atomic mass is 79.9. The first-order valence-corrected chi connectivity index (χ1v) is 8.51. The second kappa shape index (κ2) is 6.08. The molecule has 0 saturated carbocycles. The molecule has 1 N–H and O–H groups in total. The summed E-state index contributed by atoms with van der Waals surface area (Å²) in [5, 5.41) is 0. The van der Waals surface area contributed by atoms with Crippen molar-refractivity contribution in [3.8, 4) is 0 Å². The summed E-state index contributed by atoms with van der Waals surface area (Å²) in [6.07, 6.45) is 0. The molecule has 0 aliphatic heterocycles. The minimum absolute atomic E-state index is 0.280. The van der Waals surface area contributed by atoms with E-state index in [0.29, 0.717) is 0 Å². The van der Waals surface area contributed by atoms with Gasteiger partial charge in [0.2, 0.25) is 10.0 Å². The van der Waals surface area contributed by atoms with Crippen LogP contribution in [-0.4, -0.2) is 8.42 Å². The molecule has 0 saturated heterocycles. The average Bonchev–Trinajstić information content (AvgIpc) is 2.39. The van der Waals surface area contributed by atoms with E-state index >= 15 is 0 Å². The summed E-state index contributed by atoms with van der Waals surface area (Å²) in [7, 11) is -3.51. The topological polar surface area (TPSA) is 46.2 Å². The van der Waals surface area contributed by atoms with E-state index in [0.717, 1.165) is 15.6 Å². The fraction of sp³-hybridized carbons (Fsp3) is 0.200. The number of aryl methyl sites for hydroxylation is 1. The summed E-state index contributed by atoms with van der Waals surface area (Å²) in [5.41, 5.74) is 1.94. The number of nitrogens with one attached hydrogen (secondary N) is 1. The molecule has 0 aromatic heterocycles. The monoisotopic (exact) mass is 353 g/mol. The molecule has 0 spiro atoms. The van der Waals surface area contributed by atoms with Crippen LogP contribution in [0.3, 0.4) is 0 Å². The molecule has 0 unspecified atom stereocenters. The Hall–Kier alpha value is -1.17. The van der Waals surface area contributed by atoms with E-state index in [2.05, 4.69) is 20.7 Å². The van der Waals surface area contributed by atoms with Gasteiger partial charge in [-0.15, -0.1) is 0 Å². The summed E-state index contributed by atoms with van der Waals surface area (Å²) in [6.45, 7) is 3.75. The molecule has 0 bridgehead atoms. The third-order valence-electron chi connectivity index (χ3n) is 3.03. The van der Waals surface area contributed by atoms with Crippen LogP contribution in [0.4, 0.5) is 0 Å². The Morgan fingerprint density at radius 2 is 1.65 bits per heavy atom. The van der Waals surface area contributed by atoms with Crippen molar-refractivity contribution in [3.05, 3.63) is 64.1 Å². The van der Waals surface area contributed by atoms with Gasteiger partial charge in [0.1, 0.15) is 0 Å². The molecule has 0 amide bonds. The van der Waals surface area contributed by atoms with Gasteiger partial charge in [0.25, 0.3) is 0 Å². The zero-order chi connectivity index (χ0) is 14.8. The Balaban J connectivity index is 2.24. The van der Waals surface area contributed by atoms with Crippen molar-refractivity contribution in [1.82, 2.24) is 4.72 Å². The van der Waals surface area contributed by atoms with Crippen molar-refractivity contribution >= 4 is 26.0 Å². The highest BCUT2D eigenvalue weighted by Gasteiger charge is 2.19. The Morgan fingerprint density at radius 3 is 2.25 bits per heavy atom. The van der Waals surface area contributed by atoms with Crippen LogP contribution in [0.25, 0.3) is 0 Å². The van der Waals surface area contributed by atoms with Gasteiger partial charge < -0.3 is 0 Å². The molecule has 5 heteroatoms. The molecular weight excluding hydrogens is 338 g/mol. The van der Waals surface area contributed by atoms with E-state index in [1.807, 2.05) is 38.1 Å². The second-order valence-corrected chi connectivity index (χ2v) is 7.25. The Kier molecular flexibility index (Phi) is 4.62. The standard InChI is InChI=1S/C15H16BrNO2S/c1-11-7-9-13(10-8-11)20(18,19)17-12(2)14-5-3-4-6-15(14)16/h3-10,12,17H,1-2H3/t12-/m0/s1. The molecule has 0 fully saturated rings. The Labute approximate surface area is 128 Å². The third kappa shape index (κ3) is 3.48. The number of sulfonamides is 1. The summed E-state index contributed by atoms with van der Waals surface area (Å²) in [5.74, 6) is 0. The molecule has 0 aliphatic rings. The zero-order valence-electron chi connectivity index (χ0n) is 11.3. The minimum atomic E-state index is -3.51. The number of halogens is 1. The lowest BCUT2D eigenvalue weighted by Crippen LogP contribution is -2.27. The van der Waals surface area contributed by atoms with Crippen LogP contribution < -0.4 is 4.72 Å². The van der Waals surface area contributed by atoms with Gasteiger partial charge in [0, 0.05) is 10.5 Å². The highest BCUT2D eigenvalue weighted by molar-refractivity contribution is 9.10. The highest BCUT2D eigenvalue weighted by Crippen LogP contribution is 2.24. The molecular formula is C15H16BrNO2S. The van der Waals surface area contributed by atoms with Crippen LogP contribution in [0.2, 0.25) is 0 Å². The van der Waals surface area contributed by atoms with Crippen molar-refractivity contribution in [3.63, 3.8) is 0 Å². The molecule has 0 aliphatic carbocycles. The summed E-state index contributed by atoms with van der Waals surface area (Å²) < 4.78 is 28.2. The lowest BCUT2D eigenvalue weighted by Gasteiger charge is -2.16. The minimum Gasteiger partial charge on any atom is -0.207 e. The lowest BCUT2D eigenvalue weighted by atomic mass is 10.1. The largest absolute Gasteiger partial charge is 0.241 e. The number of rotatable bonds is 4. The van der Waals surface area contributed by atoms with E-state index in [1.54, 1.807) is 24.3 Å². The molecule has 20 heavy (non-hydrogen) atoms. The van der Waals surface area contributed by atoms with Gasteiger partial charge >= 0.3 is 0 Å². The Morgan fingerprint density at radius 1 is 1.05 bits per heavy atom. The first-order valence-electron chi connectivity index (χ1n) is 6.23. The first-order chi connectivity index (χ1) is 9.40. The second-order valence-electron chi connectivity index (χ2n) is 4.68. The average molecular weight is 354 g/mol. The fourth-order valence-electron chi connectivity index (χ4n) is 1.91.